The number of carboxylic acid groups (broad SMARTS) is 1. The Morgan fingerprint density at radius 3 is 1.64 bits per heavy atom. The molecule has 0 unspecified atom stereocenters. The van der Waals surface area contributed by atoms with E-state index in [4.69, 9.17) is 5.11 Å². The highest BCUT2D eigenvalue weighted by molar-refractivity contribution is 5.66. The van der Waals surface area contributed by atoms with Gasteiger partial charge in [0.2, 0.25) is 0 Å². The van der Waals surface area contributed by atoms with Crippen molar-refractivity contribution in [3.63, 3.8) is 0 Å². The Balaban J connectivity index is 3.40. The molecular formula is C20H32O2. The van der Waals surface area contributed by atoms with Crippen molar-refractivity contribution in [2.75, 3.05) is 0 Å². The molecule has 0 fully saturated rings. The third kappa shape index (κ3) is 18.4. The average Bonchev–Trinajstić information content (AvgIpc) is 2.50. The van der Waals surface area contributed by atoms with Crippen LogP contribution in [0.1, 0.15) is 71.1 Å². The summed E-state index contributed by atoms with van der Waals surface area (Å²) in [5.41, 5.74) is 0. The summed E-state index contributed by atoms with van der Waals surface area (Å²) in [6.07, 6.45) is 27.3. The van der Waals surface area contributed by atoms with Gasteiger partial charge in [0.15, 0.2) is 0 Å². The Morgan fingerprint density at radius 1 is 0.727 bits per heavy atom. The molecule has 0 atom stereocenters. The fourth-order valence-corrected chi connectivity index (χ4v) is 1.93. The second-order valence-corrected chi connectivity index (χ2v) is 5.37. The van der Waals surface area contributed by atoms with E-state index in [1.54, 1.807) is 0 Å². The first kappa shape index (κ1) is 20.4. The van der Waals surface area contributed by atoms with E-state index in [9.17, 15) is 4.79 Å². The zero-order chi connectivity index (χ0) is 16.3. The van der Waals surface area contributed by atoms with Gasteiger partial charge in [-0.1, -0.05) is 68.4 Å². The van der Waals surface area contributed by atoms with Crippen molar-refractivity contribution in [3.8, 4) is 0 Å². The lowest BCUT2D eigenvalue weighted by Gasteiger charge is -1.90. The van der Waals surface area contributed by atoms with Crippen molar-refractivity contribution in [1.29, 1.82) is 0 Å². The van der Waals surface area contributed by atoms with E-state index in [2.05, 4.69) is 55.5 Å². The largest absolute Gasteiger partial charge is 0.481 e. The fourth-order valence-electron chi connectivity index (χ4n) is 1.93. The first-order chi connectivity index (χ1) is 10.8. The van der Waals surface area contributed by atoms with Gasteiger partial charge >= 0.3 is 5.97 Å². The molecule has 0 bridgehead atoms. The Bertz CT molecular complexity index is 362. The van der Waals surface area contributed by atoms with Gasteiger partial charge < -0.3 is 5.11 Å². The zero-order valence-electron chi connectivity index (χ0n) is 14.0. The van der Waals surface area contributed by atoms with E-state index < -0.39 is 5.97 Å². The van der Waals surface area contributed by atoms with Gasteiger partial charge in [0.05, 0.1) is 0 Å². The molecule has 0 rings (SSSR count). The summed E-state index contributed by atoms with van der Waals surface area (Å²) in [5, 5.41) is 8.49. The number of hydrogen-bond donors (Lipinski definition) is 1. The van der Waals surface area contributed by atoms with Crippen molar-refractivity contribution < 1.29 is 9.90 Å². The van der Waals surface area contributed by atoms with Crippen LogP contribution in [0, 0.1) is 0 Å². The number of unbranched alkanes of at least 4 members (excludes halogenated alkanes) is 4. The molecule has 0 aromatic rings. The van der Waals surface area contributed by atoms with Crippen LogP contribution < -0.4 is 0 Å². The maximum absolute atomic E-state index is 10.3. The highest BCUT2D eigenvalue weighted by Crippen LogP contribution is 2.01. The maximum atomic E-state index is 10.3. The number of carbonyl (C=O) groups is 1. The van der Waals surface area contributed by atoms with Crippen molar-refractivity contribution in [1.82, 2.24) is 0 Å². The van der Waals surface area contributed by atoms with Crippen LogP contribution in [-0.4, -0.2) is 11.1 Å². The molecule has 0 aromatic heterocycles. The molecule has 2 nitrogen and oxygen atoms in total. The van der Waals surface area contributed by atoms with Crippen molar-refractivity contribution in [2.45, 2.75) is 71.1 Å². The first-order valence-electron chi connectivity index (χ1n) is 8.59. The van der Waals surface area contributed by atoms with Crippen LogP contribution in [0.25, 0.3) is 0 Å². The quantitative estimate of drug-likeness (QED) is 0.305. The van der Waals surface area contributed by atoms with Crippen molar-refractivity contribution in [3.05, 3.63) is 48.6 Å². The van der Waals surface area contributed by atoms with E-state index in [1.165, 1.54) is 25.7 Å². The lowest BCUT2D eigenvalue weighted by Crippen LogP contribution is -1.92. The topological polar surface area (TPSA) is 37.3 Å². The number of allylic oxidation sites excluding steroid dienone is 8. The molecule has 0 saturated carbocycles. The lowest BCUT2D eigenvalue weighted by atomic mass is 10.2. The Kier molecular flexibility index (Phi) is 16.2. The molecule has 0 radical (unpaired) electrons. The van der Waals surface area contributed by atoms with Gasteiger partial charge in [0.1, 0.15) is 0 Å². The van der Waals surface area contributed by atoms with Gasteiger partial charge in [-0.25, -0.2) is 0 Å². The molecule has 0 heterocycles. The van der Waals surface area contributed by atoms with Crippen LogP contribution in [0.15, 0.2) is 48.6 Å². The second kappa shape index (κ2) is 17.5. The molecule has 0 aliphatic carbocycles. The molecule has 0 amide bonds. The molecule has 0 spiro atoms. The molecule has 124 valence electrons. The van der Waals surface area contributed by atoms with Crippen LogP contribution >= 0.6 is 0 Å². The third-order valence-corrected chi connectivity index (χ3v) is 3.22. The number of aliphatic carboxylic acids is 1. The number of rotatable bonds is 14. The molecule has 0 aliphatic rings. The molecular weight excluding hydrogens is 272 g/mol. The Hall–Kier alpha value is -1.57. The van der Waals surface area contributed by atoms with E-state index in [1.807, 2.05) is 0 Å². The highest BCUT2D eigenvalue weighted by atomic mass is 16.4. The minimum atomic E-state index is -0.712. The highest BCUT2D eigenvalue weighted by Gasteiger charge is 1.92. The van der Waals surface area contributed by atoms with Crippen molar-refractivity contribution in [2.24, 2.45) is 0 Å². The Labute approximate surface area is 136 Å². The van der Waals surface area contributed by atoms with Crippen LogP contribution in [0.3, 0.4) is 0 Å². The summed E-state index contributed by atoms with van der Waals surface area (Å²) in [6.45, 7) is 2.23. The monoisotopic (exact) mass is 304 g/mol. The maximum Gasteiger partial charge on any atom is 0.303 e. The smallest absolute Gasteiger partial charge is 0.303 e. The van der Waals surface area contributed by atoms with Gasteiger partial charge in [-0.15, -0.1) is 0 Å². The van der Waals surface area contributed by atoms with Gasteiger partial charge in [0, 0.05) is 6.42 Å². The van der Waals surface area contributed by atoms with E-state index in [0.717, 1.165) is 32.1 Å². The Morgan fingerprint density at radius 2 is 1.18 bits per heavy atom. The summed E-state index contributed by atoms with van der Waals surface area (Å²) in [5.74, 6) is -0.712. The van der Waals surface area contributed by atoms with Gasteiger partial charge in [0.25, 0.3) is 0 Å². The third-order valence-electron chi connectivity index (χ3n) is 3.22. The molecule has 1 N–H and O–H groups in total. The first-order valence-corrected chi connectivity index (χ1v) is 8.59. The molecule has 0 aromatic carbocycles. The van der Waals surface area contributed by atoms with Crippen LogP contribution in [-0.2, 0) is 4.79 Å². The normalized spacial score (nSPS) is 12.4. The standard InChI is InChI=1S/C20H32O2/c1-2-3-4-5-6-7-8-9-10-11-12-13-14-15-16-17-18-19-20(21)22/h6-7,9-10,12-13,15-16H,2-5,8,11,14,17-19H2,1H3,(H,21,22)/b7-6-,10-9+,13-12+,16-15+. The van der Waals surface area contributed by atoms with Gasteiger partial charge in [-0.2, -0.15) is 0 Å². The summed E-state index contributed by atoms with van der Waals surface area (Å²) in [6, 6.07) is 0. The SMILES string of the molecule is CCCCC/C=C\C/C=C/C/C=C/C/C=C/CCCC(=O)O. The molecule has 22 heavy (non-hydrogen) atoms. The molecule has 2 heteroatoms. The van der Waals surface area contributed by atoms with E-state index in [-0.39, 0.29) is 6.42 Å². The van der Waals surface area contributed by atoms with Crippen LogP contribution in [0.2, 0.25) is 0 Å². The van der Waals surface area contributed by atoms with Crippen LogP contribution in [0.4, 0.5) is 0 Å². The lowest BCUT2D eigenvalue weighted by molar-refractivity contribution is -0.137. The number of carboxylic acids is 1. The summed E-state index contributed by atoms with van der Waals surface area (Å²) >= 11 is 0. The van der Waals surface area contributed by atoms with Gasteiger partial charge in [-0.05, 0) is 44.9 Å². The zero-order valence-corrected chi connectivity index (χ0v) is 14.0. The summed E-state index contributed by atoms with van der Waals surface area (Å²) in [7, 11) is 0. The average molecular weight is 304 g/mol. The minimum absolute atomic E-state index is 0.262. The number of hydrogen-bond acceptors (Lipinski definition) is 1. The van der Waals surface area contributed by atoms with Gasteiger partial charge in [-0.3, -0.25) is 4.79 Å². The van der Waals surface area contributed by atoms with E-state index >= 15 is 0 Å². The molecule has 0 aliphatic heterocycles. The van der Waals surface area contributed by atoms with Crippen LogP contribution in [0.5, 0.6) is 0 Å². The van der Waals surface area contributed by atoms with Crippen molar-refractivity contribution >= 4 is 5.97 Å². The summed E-state index contributed by atoms with van der Waals surface area (Å²) in [4.78, 5) is 10.3. The fraction of sp³-hybridized carbons (Fsp3) is 0.550. The molecule has 0 saturated heterocycles. The summed E-state index contributed by atoms with van der Waals surface area (Å²) < 4.78 is 0. The predicted molar refractivity (Wildman–Crippen MR) is 96.0 cm³/mol. The second-order valence-electron chi connectivity index (χ2n) is 5.37. The van der Waals surface area contributed by atoms with E-state index in [0.29, 0.717) is 0 Å². The predicted octanol–water partition coefficient (Wildman–Crippen LogP) is 6.22. The minimum Gasteiger partial charge on any atom is -0.481 e.